The molecule has 3 nitrogen and oxygen atoms in total. The number of hydrogen-bond donors (Lipinski definition) is 0. The van der Waals surface area contributed by atoms with Gasteiger partial charge in [-0.3, -0.25) is 0 Å². The van der Waals surface area contributed by atoms with Crippen LogP contribution in [0.5, 0.6) is 0 Å². The van der Waals surface area contributed by atoms with Crippen LogP contribution in [0.4, 0.5) is 0 Å². The van der Waals surface area contributed by atoms with Gasteiger partial charge in [0.25, 0.3) is 0 Å². The number of hydrogen-bond acceptors (Lipinski definition) is 2. The largest absolute Gasteiger partial charge is 0.465 e. The summed E-state index contributed by atoms with van der Waals surface area (Å²) >= 11 is 0. The Balaban J connectivity index is 2.54. The molecule has 0 spiro atoms. The van der Waals surface area contributed by atoms with Gasteiger partial charge in [0.1, 0.15) is 0 Å². The normalized spacial score (nSPS) is 10.9. The molecule has 2 heterocycles. The molecule has 3 heteroatoms. The maximum atomic E-state index is 11.9. The molecule has 0 fully saturated rings. The van der Waals surface area contributed by atoms with Crippen molar-refractivity contribution in [3.8, 4) is 0 Å². The van der Waals surface area contributed by atoms with E-state index in [4.69, 9.17) is 4.74 Å². The van der Waals surface area contributed by atoms with Crippen molar-refractivity contribution in [3.05, 3.63) is 54.2 Å². The molecule has 3 rings (SSSR count). The Labute approximate surface area is 98.2 Å². The summed E-state index contributed by atoms with van der Waals surface area (Å²) in [6.45, 7) is 0. The van der Waals surface area contributed by atoms with Crippen LogP contribution in [0, 0.1) is 0 Å². The minimum absolute atomic E-state index is 0.296. The maximum absolute atomic E-state index is 11.9. The number of rotatable bonds is 1. The van der Waals surface area contributed by atoms with Crippen molar-refractivity contribution in [1.29, 1.82) is 0 Å². The van der Waals surface area contributed by atoms with Crippen molar-refractivity contribution < 1.29 is 9.53 Å². The van der Waals surface area contributed by atoms with Gasteiger partial charge in [-0.1, -0.05) is 24.3 Å². The van der Waals surface area contributed by atoms with Gasteiger partial charge in [0.2, 0.25) is 0 Å². The number of ether oxygens (including phenoxy) is 1. The van der Waals surface area contributed by atoms with Gasteiger partial charge >= 0.3 is 5.97 Å². The van der Waals surface area contributed by atoms with Gasteiger partial charge < -0.3 is 9.14 Å². The summed E-state index contributed by atoms with van der Waals surface area (Å²) in [5.74, 6) is -0.296. The van der Waals surface area contributed by atoms with Crippen LogP contribution < -0.4 is 0 Å². The zero-order valence-electron chi connectivity index (χ0n) is 9.38. The van der Waals surface area contributed by atoms with Crippen molar-refractivity contribution in [2.45, 2.75) is 0 Å². The predicted octanol–water partition coefficient (Wildman–Crippen LogP) is 2.88. The Bertz CT molecular complexity index is 659. The molecule has 0 aliphatic rings. The molecular weight excluding hydrogens is 214 g/mol. The fourth-order valence-electron chi connectivity index (χ4n) is 2.21. The summed E-state index contributed by atoms with van der Waals surface area (Å²) in [4.78, 5) is 11.9. The smallest absolute Gasteiger partial charge is 0.340 e. The second kappa shape index (κ2) is 3.63. The van der Waals surface area contributed by atoms with Crippen LogP contribution in [0.15, 0.2) is 48.7 Å². The highest BCUT2D eigenvalue weighted by atomic mass is 16.5. The first kappa shape index (κ1) is 9.90. The number of aromatic nitrogens is 1. The molecule has 3 aromatic rings. The zero-order valence-corrected chi connectivity index (χ0v) is 9.38. The first-order chi connectivity index (χ1) is 8.33. The van der Waals surface area contributed by atoms with Crippen LogP contribution in [0.3, 0.4) is 0 Å². The van der Waals surface area contributed by atoms with Crippen molar-refractivity contribution in [2.75, 3.05) is 7.11 Å². The Morgan fingerprint density at radius 1 is 1.06 bits per heavy atom. The number of benzene rings is 1. The third-order valence-electron chi connectivity index (χ3n) is 2.94. The zero-order chi connectivity index (χ0) is 11.8. The van der Waals surface area contributed by atoms with Gasteiger partial charge in [-0.15, -0.1) is 0 Å². The van der Waals surface area contributed by atoms with Crippen molar-refractivity contribution in [3.63, 3.8) is 0 Å². The molecule has 0 unspecified atom stereocenters. The molecule has 1 aromatic carbocycles. The third-order valence-corrected chi connectivity index (χ3v) is 2.94. The quantitative estimate of drug-likeness (QED) is 0.596. The maximum Gasteiger partial charge on any atom is 0.340 e. The molecule has 0 bridgehead atoms. The molecular formula is C14H11NO2. The van der Waals surface area contributed by atoms with E-state index in [9.17, 15) is 4.79 Å². The van der Waals surface area contributed by atoms with Crippen LogP contribution in [-0.2, 0) is 4.74 Å². The number of carbonyl (C=O) groups excluding carboxylic acids is 1. The number of esters is 1. The third kappa shape index (κ3) is 1.32. The molecule has 84 valence electrons. The Kier molecular flexibility index (Phi) is 2.11. The van der Waals surface area contributed by atoms with Gasteiger partial charge in [-0.2, -0.15) is 0 Å². The van der Waals surface area contributed by atoms with Crippen LogP contribution in [0.25, 0.3) is 16.4 Å². The lowest BCUT2D eigenvalue weighted by Gasteiger charge is -1.97. The lowest BCUT2D eigenvalue weighted by atomic mass is 10.1. The van der Waals surface area contributed by atoms with Gasteiger partial charge in [-0.05, 0) is 18.2 Å². The number of methoxy groups -OCH3 is 1. The number of pyridine rings is 1. The van der Waals surface area contributed by atoms with E-state index < -0.39 is 0 Å². The minimum atomic E-state index is -0.296. The molecule has 0 aliphatic carbocycles. The first-order valence-electron chi connectivity index (χ1n) is 5.39. The second-order valence-corrected chi connectivity index (χ2v) is 3.84. The van der Waals surface area contributed by atoms with Gasteiger partial charge in [0.15, 0.2) is 0 Å². The SMILES string of the molecule is COC(=O)c1c2ccccc2n2ccccc12. The lowest BCUT2D eigenvalue weighted by Crippen LogP contribution is -2.00. The molecule has 0 amide bonds. The number of fused-ring (bicyclic) bond motifs is 3. The van der Waals surface area contributed by atoms with Crippen LogP contribution in [0.2, 0.25) is 0 Å². The van der Waals surface area contributed by atoms with E-state index in [-0.39, 0.29) is 5.97 Å². The molecule has 0 aliphatic heterocycles. The fraction of sp³-hybridized carbons (Fsp3) is 0.0714. The van der Waals surface area contributed by atoms with E-state index in [2.05, 4.69) is 0 Å². The average Bonchev–Trinajstić information content (AvgIpc) is 2.72. The van der Waals surface area contributed by atoms with Crippen molar-refractivity contribution in [2.24, 2.45) is 0 Å². The fourth-order valence-corrected chi connectivity index (χ4v) is 2.21. The van der Waals surface area contributed by atoms with Crippen LogP contribution >= 0.6 is 0 Å². The second-order valence-electron chi connectivity index (χ2n) is 3.84. The van der Waals surface area contributed by atoms with Crippen molar-refractivity contribution >= 4 is 22.4 Å². The van der Waals surface area contributed by atoms with Crippen LogP contribution in [-0.4, -0.2) is 17.5 Å². The molecule has 17 heavy (non-hydrogen) atoms. The summed E-state index contributed by atoms with van der Waals surface area (Å²) in [5, 5.41) is 0.922. The molecule has 0 atom stereocenters. The van der Waals surface area contributed by atoms with Crippen LogP contribution in [0.1, 0.15) is 10.4 Å². The number of nitrogens with zero attached hydrogens (tertiary/aromatic N) is 1. The predicted molar refractivity (Wildman–Crippen MR) is 66.2 cm³/mol. The van der Waals surface area contributed by atoms with Gasteiger partial charge in [0, 0.05) is 11.6 Å². The van der Waals surface area contributed by atoms with Gasteiger partial charge in [-0.25, -0.2) is 4.79 Å². The Hall–Kier alpha value is -2.29. The Morgan fingerprint density at radius 3 is 2.59 bits per heavy atom. The Morgan fingerprint density at radius 2 is 1.76 bits per heavy atom. The monoisotopic (exact) mass is 225 g/mol. The topological polar surface area (TPSA) is 30.7 Å². The van der Waals surface area contributed by atoms with Gasteiger partial charge in [0.05, 0.1) is 23.7 Å². The molecule has 2 aromatic heterocycles. The van der Waals surface area contributed by atoms with E-state index in [0.29, 0.717) is 5.56 Å². The molecule has 0 saturated carbocycles. The summed E-state index contributed by atoms with van der Waals surface area (Å²) < 4.78 is 6.86. The van der Waals surface area contributed by atoms with E-state index in [1.807, 2.05) is 53.1 Å². The number of carbonyl (C=O) groups is 1. The van der Waals surface area contributed by atoms with E-state index in [0.717, 1.165) is 16.4 Å². The minimum Gasteiger partial charge on any atom is -0.465 e. The number of para-hydroxylation sites is 1. The summed E-state index contributed by atoms with van der Waals surface area (Å²) in [7, 11) is 1.41. The molecule has 0 saturated heterocycles. The lowest BCUT2D eigenvalue weighted by molar-refractivity contribution is 0.0605. The highest BCUT2D eigenvalue weighted by Crippen LogP contribution is 2.26. The van der Waals surface area contributed by atoms with E-state index >= 15 is 0 Å². The molecule has 0 radical (unpaired) electrons. The van der Waals surface area contributed by atoms with Crippen molar-refractivity contribution in [1.82, 2.24) is 4.40 Å². The standard InChI is InChI=1S/C14H11NO2/c1-17-14(16)13-10-6-2-3-7-11(10)15-9-5-4-8-12(13)15/h2-9H,1H3. The first-order valence-corrected chi connectivity index (χ1v) is 5.39. The summed E-state index contributed by atoms with van der Waals surface area (Å²) in [6.07, 6.45) is 1.95. The highest BCUT2D eigenvalue weighted by molar-refractivity contribution is 6.11. The van der Waals surface area contributed by atoms with E-state index in [1.54, 1.807) is 0 Å². The molecule has 0 N–H and O–H groups in total. The summed E-state index contributed by atoms with van der Waals surface area (Å²) in [5.41, 5.74) is 2.52. The highest BCUT2D eigenvalue weighted by Gasteiger charge is 2.17. The summed E-state index contributed by atoms with van der Waals surface area (Å²) in [6, 6.07) is 13.6. The average molecular weight is 225 g/mol. The van der Waals surface area contributed by atoms with E-state index in [1.165, 1.54) is 7.11 Å².